The maximum atomic E-state index is 12.5. The van der Waals surface area contributed by atoms with E-state index in [4.69, 9.17) is 4.74 Å². The third-order valence-electron chi connectivity index (χ3n) is 4.66. The Hall–Kier alpha value is -0.780. The van der Waals surface area contributed by atoms with Crippen molar-refractivity contribution in [2.24, 2.45) is 5.92 Å². The molecule has 1 N–H and O–H groups in total. The Labute approximate surface area is 158 Å². The molecule has 1 saturated carbocycles. The van der Waals surface area contributed by atoms with E-state index >= 15 is 0 Å². The number of piperidine rings is 1. The van der Waals surface area contributed by atoms with E-state index in [0.29, 0.717) is 6.04 Å². The van der Waals surface area contributed by atoms with Crippen molar-refractivity contribution in [1.29, 1.82) is 0 Å². The van der Waals surface area contributed by atoms with Crippen LogP contribution in [-0.2, 0) is 4.79 Å². The van der Waals surface area contributed by atoms with Crippen molar-refractivity contribution in [2.75, 3.05) is 19.6 Å². The number of nitrogens with one attached hydrogen (secondary N) is 1. The number of halogens is 2. The maximum absolute atomic E-state index is 12.5. The van der Waals surface area contributed by atoms with Gasteiger partial charge in [0, 0.05) is 23.6 Å². The third-order valence-corrected chi connectivity index (χ3v) is 5.15. The van der Waals surface area contributed by atoms with Gasteiger partial charge < -0.3 is 15.0 Å². The van der Waals surface area contributed by atoms with Gasteiger partial charge in [-0.05, 0) is 63.3 Å². The number of hydrogen-bond donors (Lipinski definition) is 1. The fraction of sp³-hybridized carbons (Fsp3) is 0.611. The minimum absolute atomic E-state index is 0. The van der Waals surface area contributed by atoms with Crippen LogP contribution in [0.3, 0.4) is 0 Å². The second-order valence-corrected chi connectivity index (χ2v) is 7.58. The molecule has 1 aliphatic carbocycles. The zero-order chi connectivity index (χ0) is 16.2. The number of likely N-dealkylation sites (tertiary alicyclic amines) is 1. The lowest BCUT2D eigenvalue weighted by Gasteiger charge is -2.34. The van der Waals surface area contributed by atoms with Crippen molar-refractivity contribution in [3.8, 4) is 5.75 Å². The summed E-state index contributed by atoms with van der Waals surface area (Å²) < 4.78 is 6.74. The molecule has 2 aliphatic rings. The van der Waals surface area contributed by atoms with E-state index in [1.54, 1.807) is 0 Å². The highest BCUT2D eigenvalue weighted by molar-refractivity contribution is 9.10. The molecule has 1 amide bonds. The van der Waals surface area contributed by atoms with Gasteiger partial charge in [-0.1, -0.05) is 22.0 Å². The Morgan fingerprint density at radius 2 is 2.04 bits per heavy atom. The Bertz CT molecular complexity index is 546. The smallest absolute Gasteiger partial charge is 0.263 e. The van der Waals surface area contributed by atoms with E-state index in [1.165, 1.54) is 12.8 Å². The average molecular weight is 418 g/mol. The molecule has 134 valence electrons. The van der Waals surface area contributed by atoms with Gasteiger partial charge >= 0.3 is 0 Å². The normalized spacial score (nSPS) is 19.5. The third kappa shape index (κ3) is 5.64. The van der Waals surface area contributed by atoms with Crippen LogP contribution in [0.5, 0.6) is 5.75 Å². The van der Waals surface area contributed by atoms with Gasteiger partial charge in [-0.3, -0.25) is 4.79 Å². The first-order chi connectivity index (χ1) is 11.1. The number of rotatable bonds is 6. The number of hydrogen-bond acceptors (Lipinski definition) is 3. The standard InChI is InChI=1S/C18H25BrN2O2.ClH/c1-13(23-17-4-2-3-15(19)11-17)18(22)21-9-7-16(8-10-21)20-12-14-5-6-14;/h2-4,11,13-14,16,20H,5-10,12H2,1H3;1H. The van der Waals surface area contributed by atoms with Crippen molar-refractivity contribution in [3.05, 3.63) is 28.7 Å². The number of carbonyl (C=O) groups excluding carboxylic acids is 1. The van der Waals surface area contributed by atoms with E-state index in [9.17, 15) is 4.79 Å². The molecule has 1 aromatic rings. The van der Waals surface area contributed by atoms with Crippen LogP contribution in [0.4, 0.5) is 0 Å². The van der Waals surface area contributed by atoms with Crippen LogP contribution in [-0.4, -0.2) is 42.6 Å². The summed E-state index contributed by atoms with van der Waals surface area (Å²) in [6, 6.07) is 8.19. The van der Waals surface area contributed by atoms with Crippen LogP contribution in [0.15, 0.2) is 28.7 Å². The van der Waals surface area contributed by atoms with E-state index in [0.717, 1.165) is 48.6 Å². The van der Waals surface area contributed by atoms with Gasteiger partial charge in [0.05, 0.1) is 0 Å². The number of nitrogens with zero attached hydrogens (tertiary/aromatic N) is 1. The number of amides is 1. The predicted octanol–water partition coefficient (Wildman–Crippen LogP) is 3.63. The van der Waals surface area contributed by atoms with Crippen molar-refractivity contribution in [3.63, 3.8) is 0 Å². The van der Waals surface area contributed by atoms with Gasteiger partial charge in [0.1, 0.15) is 5.75 Å². The summed E-state index contributed by atoms with van der Waals surface area (Å²) in [5, 5.41) is 3.64. The quantitative estimate of drug-likeness (QED) is 0.768. The Kier molecular flexibility index (Phi) is 7.38. The Morgan fingerprint density at radius 3 is 2.67 bits per heavy atom. The molecular formula is C18H26BrClN2O2. The summed E-state index contributed by atoms with van der Waals surface area (Å²) in [7, 11) is 0. The van der Waals surface area contributed by atoms with Crippen LogP contribution in [0.25, 0.3) is 0 Å². The van der Waals surface area contributed by atoms with Gasteiger partial charge in [0.2, 0.25) is 0 Å². The molecule has 0 bridgehead atoms. The lowest BCUT2D eigenvalue weighted by Crippen LogP contribution is -2.48. The van der Waals surface area contributed by atoms with Gasteiger partial charge in [-0.15, -0.1) is 12.4 Å². The maximum Gasteiger partial charge on any atom is 0.263 e. The minimum Gasteiger partial charge on any atom is -0.481 e. The largest absolute Gasteiger partial charge is 0.481 e. The summed E-state index contributed by atoms with van der Waals surface area (Å²) in [6.07, 6.45) is 4.41. The zero-order valence-electron chi connectivity index (χ0n) is 14.0. The molecule has 1 atom stereocenters. The molecule has 24 heavy (non-hydrogen) atoms. The average Bonchev–Trinajstić information content (AvgIpc) is 3.37. The lowest BCUT2D eigenvalue weighted by atomic mass is 10.0. The summed E-state index contributed by atoms with van der Waals surface area (Å²) in [5.74, 6) is 1.72. The zero-order valence-corrected chi connectivity index (χ0v) is 16.4. The van der Waals surface area contributed by atoms with Gasteiger partial charge in [-0.25, -0.2) is 0 Å². The van der Waals surface area contributed by atoms with Crippen LogP contribution in [0.2, 0.25) is 0 Å². The van der Waals surface area contributed by atoms with Crippen LogP contribution >= 0.6 is 28.3 Å². The van der Waals surface area contributed by atoms with E-state index in [-0.39, 0.29) is 18.3 Å². The van der Waals surface area contributed by atoms with Gasteiger partial charge in [0.15, 0.2) is 6.10 Å². The van der Waals surface area contributed by atoms with Crippen LogP contribution in [0.1, 0.15) is 32.6 Å². The minimum atomic E-state index is -0.444. The van der Waals surface area contributed by atoms with Crippen molar-refractivity contribution < 1.29 is 9.53 Å². The predicted molar refractivity (Wildman–Crippen MR) is 102 cm³/mol. The van der Waals surface area contributed by atoms with E-state index in [1.807, 2.05) is 36.1 Å². The Morgan fingerprint density at radius 1 is 1.33 bits per heavy atom. The van der Waals surface area contributed by atoms with Gasteiger partial charge in [-0.2, -0.15) is 0 Å². The molecule has 1 aliphatic heterocycles. The lowest BCUT2D eigenvalue weighted by molar-refractivity contribution is -0.139. The first-order valence-corrected chi connectivity index (χ1v) is 9.35. The van der Waals surface area contributed by atoms with E-state index in [2.05, 4.69) is 21.2 Å². The molecule has 1 heterocycles. The molecule has 0 radical (unpaired) electrons. The van der Waals surface area contributed by atoms with Crippen LogP contribution < -0.4 is 10.1 Å². The topological polar surface area (TPSA) is 41.6 Å². The second-order valence-electron chi connectivity index (χ2n) is 6.67. The first-order valence-electron chi connectivity index (χ1n) is 8.56. The highest BCUT2D eigenvalue weighted by atomic mass is 79.9. The summed E-state index contributed by atoms with van der Waals surface area (Å²) in [4.78, 5) is 14.5. The highest BCUT2D eigenvalue weighted by Crippen LogP contribution is 2.28. The molecule has 1 saturated heterocycles. The molecule has 1 aromatic carbocycles. The monoisotopic (exact) mass is 416 g/mol. The van der Waals surface area contributed by atoms with Gasteiger partial charge in [0.25, 0.3) is 5.91 Å². The number of ether oxygens (including phenoxy) is 1. The van der Waals surface area contributed by atoms with Crippen molar-refractivity contribution >= 4 is 34.2 Å². The molecule has 1 unspecified atom stereocenters. The molecule has 4 nitrogen and oxygen atoms in total. The first kappa shape index (κ1) is 19.5. The molecular weight excluding hydrogens is 392 g/mol. The highest BCUT2D eigenvalue weighted by Gasteiger charge is 2.28. The molecule has 0 spiro atoms. The molecule has 2 fully saturated rings. The fourth-order valence-electron chi connectivity index (χ4n) is 3.01. The summed E-state index contributed by atoms with van der Waals surface area (Å²) >= 11 is 3.42. The number of carbonyl (C=O) groups is 1. The van der Waals surface area contributed by atoms with E-state index < -0.39 is 6.10 Å². The van der Waals surface area contributed by atoms with Crippen molar-refractivity contribution in [2.45, 2.75) is 44.8 Å². The van der Waals surface area contributed by atoms with Crippen molar-refractivity contribution in [1.82, 2.24) is 10.2 Å². The summed E-state index contributed by atoms with van der Waals surface area (Å²) in [6.45, 7) is 4.64. The Balaban J connectivity index is 0.00000208. The molecule has 6 heteroatoms. The number of benzene rings is 1. The molecule has 3 rings (SSSR count). The SMILES string of the molecule is CC(Oc1cccc(Br)c1)C(=O)N1CCC(NCC2CC2)CC1.Cl. The van der Waals surface area contributed by atoms with Crippen LogP contribution in [0, 0.1) is 5.92 Å². The second kappa shape index (κ2) is 9.07. The summed E-state index contributed by atoms with van der Waals surface area (Å²) in [5.41, 5.74) is 0. The molecule has 0 aromatic heterocycles. The fourth-order valence-corrected chi connectivity index (χ4v) is 3.39.